The summed E-state index contributed by atoms with van der Waals surface area (Å²) in [5.74, 6) is -2.01. The van der Waals surface area contributed by atoms with Crippen LogP contribution in [-0.2, 0) is 16.9 Å². The van der Waals surface area contributed by atoms with Crippen molar-refractivity contribution < 1.29 is 23.4 Å². The number of carbonyl (C=O) groups is 1. The lowest BCUT2D eigenvalue weighted by atomic mass is 9.95. The van der Waals surface area contributed by atoms with Gasteiger partial charge in [0, 0.05) is 24.3 Å². The molecule has 4 nitrogen and oxygen atoms in total. The van der Waals surface area contributed by atoms with Crippen LogP contribution in [0.1, 0.15) is 28.4 Å². The molecule has 0 heterocycles. The van der Waals surface area contributed by atoms with E-state index in [9.17, 15) is 18.7 Å². The van der Waals surface area contributed by atoms with Crippen LogP contribution in [0.5, 0.6) is 0 Å². The quantitative estimate of drug-likeness (QED) is 0.853. The number of ether oxygens (including phenoxy) is 1. The minimum absolute atomic E-state index is 0.0885. The van der Waals surface area contributed by atoms with Gasteiger partial charge in [0.1, 0.15) is 17.2 Å². The van der Waals surface area contributed by atoms with Crippen LogP contribution in [0.25, 0.3) is 0 Å². The van der Waals surface area contributed by atoms with E-state index in [4.69, 9.17) is 4.74 Å². The van der Waals surface area contributed by atoms with Crippen molar-refractivity contribution in [2.45, 2.75) is 19.1 Å². The summed E-state index contributed by atoms with van der Waals surface area (Å²) in [4.78, 5) is 12.3. The van der Waals surface area contributed by atoms with Gasteiger partial charge in [-0.25, -0.2) is 8.78 Å². The number of hydrogen-bond donors (Lipinski definition) is 2. The van der Waals surface area contributed by atoms with Gasteiger partial charge < -0.3 is 15.2 Å². The summed E-state index contributed by atoms with van der Waals surface area (Å²) in [5.41, 5.74) is -0.655. The van der Waals surface area contributed by atoms with Gasteiger partial charge in [-0.2, -0.15) is 0 Å². The molecule has 2 rings (SSSR count). The van der Waals surface area contributed by atoms with Crippen LogP contribution in [0.4, 0.5) is 8.78 Å². The monoisotopic (exact) mass is 335 g/mol. The van der Waals surface area contributed by atoms with E-state index in [1.807, 2.05) is 0 Å². The smallest absolute Gasteiger partial charge is 0.251 e. The van der Waals surface area contributed by atoms with Gasteiger partial charge in [-0.1, -0.05) is 24.3 Å². The van der Waals surface area contributed by atoms with Crippen LogP contribution in [0.15, 0.2) is 42.5 Å². The first-order valence-electron chi connectivity index (χ1n) is 7.38. The van der Waals surface area contributed by atoms with Gasteiger partial charge in [0.25, 0.3) is 5.91 Å². The van der Waals surface area contributed by atoms with E-state index in [0.717, 1.165) is 12.1 Å². The molecule has 0 bridgehead atoms. The third-order valence-corrected chi connectivity index (χ3v) is 3.67. The van der Waals surface area contributed by atoms with Crippen LogP contribution in [-0.4, -0.2) is 24.7 Å². The van der Waals surface area contributed by atoms with Crippen LogP contribution in [0, 0.1) is 11.6 Å². The average molecular weight is 335 g/mol. The third-order valence-electron chi connectivity index (χ3n) is 3.67. The molecular formula is C18H19F2NO3. The molecule has 24 heavy (non-hydrogen) atoms. The molecule has 0 spiro atoms. The standard InChI is InChI=1S/C18H19F2NO3/c1-18(23,15-8-7-13(19)9-16(15)20)11-21-17(22)14-6-4-3-5-12(14)10-24-2/h3-9,23H,10-11H2,1-2H3,(H,21,22). The van der Waals surface area contributed by atoms with Crippen LogP contribution >= 0.6 is 0 Å². The first-order chi connectivity index (χ1) is 11.3. The number of aliphatic hydroxyl groups is 1. The zero-order valence-electron chi connectivity index (χ0n) is 13.5. The SMILES string of the molecule is COCc1ccccc1C(=O)NCC(C)(O)c1ccc(F)cc1F. The molecule has 0 saturated carbocycles. The Morgan fingerprint density at radius 2 is 1.96 bits per heavy atom. The van der Waals surface area contributed by atoms with Gasteiger partial charge >= 0.3 is 0 Å². The van der Waals surface area contributed by atoms with E-state index < -0.39 is 23.1 Å². The second-order valence-corrected chi connectivity index (χ2v) is 5.67. The molecule has 1 atom stereocenters. The fraction of sp³-hybridized carbons (Fsp3) is 0.278. The van der Waals surface area contributed by atoms with Gasteiger partial charge in [-0.3, -0.25) is 4.79 Å². The van der Waals surface area contributed by atoms with Crippen molar-refractivity contribution in [3.05, 3.63) is 70.8 Å². The summed E-state index contributed by atoms with van der Waals surface area (Å²) in [5, 5.41) is 13.0. The Morgan fingerprint density at radius 1 is 1.25 bits per heavy atom. The molecule has 1 unspecified atom stereocenters. The first kappa shape index (κ1) is 18.0. The second kappa shape index (κ2) is 7.51. The molecule has 2 N–H and O–H groups in total. The number of benzene rings is 2. The Kier molecular flexibility index (Phi) is 5.64. The largest absolute Gasteiger partial charge is 0.383 e. The highest BCUT2D eigenvalue weighted by molar-refractivity contribution is 5.95. The van der Waals surface area contributed by atoms with Gasteiger partial charge in [0.15, 0.2) is 0 Å². The topological polar surface area (TPSA) is 58.6 Å². The molecule has 2 aromatic carbocycles. The minimum atomic E-state index is -1.68. The number of methoxy groups -OCH3 is 1. The Labute approximate surface area is 139 Å². The molecule has 1 amide bonds. The van der Waals surface area contributed by atoms with Gasteiger partial charge in [0.2, 0.25) is 0 Å². The summed E-state index contributed by atoms with van der Waals surface area (Å²) in [6, 6.07) is 9.81. The summed E-state index contributed by atoms with van der Waals surface area (Å²) in [6.45, 7) is 1.40. The number of amides is 1. The van der Waals surface area contributed by atoms with Crippen LogP contribution in [0.3, 0.4) is 0 Å². The summed E-state index contributed by atoms with van der Waals surface area (Å²) >= 11 is 0. The molecule has 2 aromatic rings. The number of rotatable bonds is 6. The Bertz CT molecular complexity index is 732. The maximum atomic E-state index is 13.8. The Balaban J connectivity index is 2.13. The predicted molar refractivity (Wildman–Crippen MR) is 85.4 cm³/mol. The average Bonchev–Trinajstić information content (AvgIpc) is 2.53. The zero-order chi connectivity index (χ0) is 17.7. The lowest BCUT2D eigenvalue weighted by molar-refractivity contribution is 0.0493. The highest BCUT2D eigenvalue weighted by Gasteiger charge is 2.28. The van der Waals surface area contributed by atoms with E-state index in [0.29, 0.717) is 17.2 Å². The number of hydrogen-bond acceptors (Lipinski definition) is 3. The van der Waals surface area contributed by atoms with Crippen molar-refractivity contribution >= 4 is 5.91 Å². The van der Waals surface area contributed by atoms with Crippen molar-refractivity contribution in [3.8, 4) is 0 Å². The van der Waals surface area contributed by atoms with Gasteiger partial charge in [-0.05, 0) is 24.6 Å². The van der Waals surface area contributed by atoms with E-state index in [1.54, 1.807) is 24.3 Å². The number of halogens is 2. The normalized spacial score (nSPS) is 13.4. The lowest BCUT2D eigenvalue weighted by Gasteiger charge is -2.25. The fourth-order valence-electron chi connectivity index (χ4n) is 2.39. The third kappa shape index (κ3) is 4.15. The molecule has 128 valence electrons. The van der Waals surface area contributed by atoms with E-state index >= 15 is 0 Å². The molecule has 0 saturated heterocycles. The van der Waals surface area contributed by atoms with Crippen LogP contribution in [0.2, 0.25) is 0 Å². The molecule has 0 aliphatic rings. The summed E-state index contributed by atoms with van der Waals surface area (Å²) in [6.07, 6.45) is 0. The first-order valence-corrected chi connectivity index (χ1v) is 7.38. The van der Waals surface area contributed by atoms with Crippen LogP contribution < -0.4 is 5.32 Å². The van der Waals surface area contributed by atoms with E-state index in [-0.39, 0.29) is 18.7 Å². The van der Waals surface area contributed by atoms with Crippen molar-refractivity contribution in [2.24, 2.45) is 0 Å². The fourth-order valence-corrected chi connectivity index (χ4v) is 2.39. The number of nitrogens with one attached hydrogen (secondary N) is 1. The number of carbonyl (C=O) groups excluding carboxylic acids is 1. The highest BCUT2D eigenvalue weighted by atomic mass is 19.1. The Morgan fingerprint density at radius 3 is 2.62 bits per heavy atom. The Hall–Kier alpha value is -2.31. The molecule has 6 heteroatoms. The zero-order valence-corrected chi connectivity index (χ0v) is 13.5. The molecule has 0 fully saturated rings. The molecule has 0 aromatic heterocycles. The van der Waals surface area contributed by atoms with Gasteiger partial charge in [-0.15, -0.1) is 0 Å². The summed E-state index contributed by atoms with van der Waals surface area (Å²) in [7, 11) is 1.52. The second-order valence-electron chi connectivity index (χ2n) is 5.67. The minimum Gasteiger partial charge on any atom is -0.383 e. The lowest BCUT2D eigenvalue weighted by Crippen LogP contribution is -2.39. The maximum Gasteiger partial charge on any atom is 0.251 e. The van der Waals surface area contributed by atoms with E-state index in [1.165, 1.54) is 14.0 Å². The van der Waals surface area contributed by atoms with Gasteiger partial charge in [0.05, 0.1) is 13.2 Å². The molecule has 0 radical (unpaired) electrons. The highest BCUT2D eigenvalue weighted by Crippen LogP contribution is 2.23. The predicted octanol–water partition coefficient (Wildman–Crippen LogP) is 2.75. The summed E-state index contributed by atoms with van der Waals surface area (Å²) < 4.78 is 31.9. The van der Waals surface area contributed by atoms with E-state index in [2.05, 4.69) is 5.32 Å². The van der Waals surface area contributed by atoms with Crippen molar-refractivity contribution in [1.29, 1.82) is 0 Å². The molecular weight excluding hydrogens is 316 g/mol. The maximum absolute atomic E-state index is 13.8. The van der Waals surface area contributed by atoms with Crippen molar-refractivity contribution in [1.82, 2.24) is 5.32 Å². The van der Waals surface area contributed by atoms with Crippen molar-refractivity contribution in [2.75, 3.05) is 13.7 Å². The van der Waals surface area contributed by atoms with Crippen molar-refractivity contribution in [3.63, 3.8) is 0 Å². The molecule has 0 aliphatic heterocycles. The molecule has 0 aliphatic carbocycles.